The number of halogens is 11. The Morgan fingerprint density at radius 1 is 1.00 bits per heavy atom. The molecule has 0 saturated carbocycles. The number of carboxylic acid groups (broad SMARTS) is 1. The molecule has 2 aromatic carbocycles. The van der Waals surface area contributed by atoms with E-state index in [0.29, 0.717) is 23.9 Å². The molecule has 0 aromatic heterocycles. The second-order valence-corrected chi connectivity index (χ2v) is 9.36. The number of amides is 2. The number of aliphatic carboxylic acids is 1. The van der Waals surface area contributed by atoms with Gasteiger partial charge in [-0.1, -0.05) is 29.4 Å². The average molecular weight is 642 g/mol. The van der Waals surface area contributed by atoms with Crippen LogP contribution in [0.4, 0.5) is 49.6 Å². The van der Waals surface area contributed by atoms with Crippen molar-refractivity contribution < 1.29 is 63.4 Å². The van der Waals surface area contributed by atoms with Crippen LogP contribution in [-0.2, 0) is 33.3 Å². The first kappa shape index (κ1) is 33.7. The van der Waals surface area contributed by atoms with Crippen LogP contribution in [0.1, 0.15) is 23.1 Å². The number of aliphatic imine (C=N–C) groups is 1. The Kier molecular flexibility index (Phi) is 10.6. The Balaban J connectivity index is 0.000000745. The summed E-state index contributed by atoms with van der Waals surface area (Å²) in [5, 5.41) is 10.5. The number of amidine groups is 1. The number of alkyl halides is 9. The highest BCUT2D eigenvalue weighted by Crippen LogP contribution is 2.38. The largest absolute Gasteiger partial charge is 0.490 e. The van der Waals surface area contributed by atoms with E-state index < -0.39 is 70.6 Å². The second kappa shape index (κ2) is 13.0. The van der Waals surface area contributed by atoms with Gasteiger partial charge in [0.05, 0.1) is 16.8 Å². The highest BCUT2D eigenvalue weighted by molar-refractivity contribution is 8.15. The fourth-order valence-corrected chi connectivity index (χ4v) is 4.06. The molecule has 3 rings (SSSR count). The lowest BCUT2D eigenvalue weighted by Crippen LogP contribution is -2.31. The summed E-state index contributed by atoms with van der Waals surface area (Å²) in [7, 11) is 0. The summed E-state index contributed by atoms with van der Waals surface area (Å²) in [5.41, 5.74) is -3.75. The molecule has 0 bridgehead atoms. The average Bonchev–Trinajstić information content (AvgIpc) is 3.15. The lowest BCUT2D eigenvalue weighted by atomic mass is 10.1. The summed E-state index contributed by atoms with van der Waals surface area (Å²) in [6.07, 6.45) is -15.6. The molecule has 1 aliphatic heterocycles. The number of hydrogen-bond acceptors (Lipinski definition) is 5. The molecule has 7 nitrogen and oxygen atoms in total. The second-order valence-electron chi connectivity index (χ2n) is 7.76. The van der Waals surface area contributed by atoms with Crippen molar-refractivity contribution in [1.29, 1.82) is 0 Å². The Bertz CT molecular complexity index is 1290. The van der Waals surface area contributed by atoms with E-state index >= 15 is 0 Å². The molecule has 2 amide bonds. The van der Waals surface area contributed by atoms with Gasteiger partial charge < -0.3 is 15.7 Å². The molecule has 1 heterocycles. The number of thioether (sulfide) groups is 1. The molecule has 1 atom stereocenters. The van der Waals surface area contributed by atoms with Gasteiger partial charge in [0.15, 0.2) is 5.17 Å². The van der Waals surface area contributed by atoms with Gasteiger partial charge in [0.2, 0.25) is 11.8 Å². The molecule has 41 heavy (non-hydrogen) atoms. The molecule has 3 N–H and O–H groups in total. The van der Waals surface area contributed by atoms with Crippen LogP contribution >= 0.6 is 23.4 Å². The number of hydrogen-bond donors (Lipinski definition) is 3. The Hall–Kier alpha value is -3.54. The minimum Gasteiger partial charge on any atom is -0.475 e. The summed E-state index contributed by atoms with van der Waals surface area (Å²) < 4.78 is 123. The molecule has 1 unspecified atom stereocenters. The zero-order valence-corrected chi connectivity index (χ0v) is 21.2. The van der Waals surface area contributed by atoms with E-state index in [0.717, 1.165) is 6.07 Å². The summed E-state index contributed by atoms with van der Waals surface area (Å²) in [6.45, 7) is -0.255. The quantitative estimate of drug-likeness (QED) is 0.344. The maximum atomic E-state index is 13.8. The predicted molar refractivity (Wildman–Crippen MR) is 125 cm³/mol. The van der Waals surface area contributed by atoms with E-state index in [1.54, 1.807) is 0 Å². The first-order chi connectivity index (χ1) is 18.7. The lowest BCUT2D eigenvalue weighted by Gasteiger charge is -2.12. The van der Waals surface area contributed by atoms with E-state index in [2.05, 4.69) is 15.6 Å². The molecular formula is C22H14ClF10N3O4S. The van der Waals surface area contributed by atoms with E-state index in [-0.39, 0.29) is 28.4 Å². The highest BCUT2D eigenvalue weighted by atomic mass is 35.5. The van der Waals surface area contributed by atoms with Crippen molar-refractivity contribution in [2.75, 3.05) is 0 Å². The normalized spacial score (nSPS) is 16.6. The summed E-state index contributed by atoms with van der Waals surface area (Å²) in [6, 6.07) is 4.73. The third kappa shape index (κ3) is 10.1. The summed E-state index contributed by atoms with van der Waals surface area (Å²) in [5.74, 6) is -4.78. The SMILES string of the molecule is O=C(CC1SC(=Nc2cc(C(F)(F)F)cc(C(F)(F)F)c2)NC1=O)NCc1c(F)cccc1Cl.O=C(O)C(F)(F)F. The molecule has 1 aliphatic rings. The molecule has 2 aromatic rings. The molecule has 0 radical (unpaired) electrons. The lowest BCUT2D eigenvalue weighted by molar-refractivity contribution is -0.192. The first-order valence-electron chi connectivity index (χ1n) is 10.5. The number of nitrogens with one attached hydrogen (secondary N) is 2. The van der Waals surface area contributed by atoms with Crippen molar-refractivity contribution in [2.45, 2.75) is 36.7 Å². The fourth-order valence-electron chi connectivity index (χ4n) is 2.84. The maximum Gasteiger partial charge on any atom is 0.490 e. The Morgan fingerprint density at radius 2 is 1.54 bits per heavy atom. The number of carboxylic acids is 1. The van der Waals surface area contributed by atoms with Crippen molar-refractivity contribution in [3.05, 3.63) is 63.9 Å². The predicted octanol–water partition coefficient (Wildman–Crippen LogP) is 6.08. The number of rotatable bonds is 5. The zero-order valence-electron chi connectivity index (χ0n) is 19.6. The molecule has 224 valence electrons. The topological polar surface area (TPSA) is 108 Å². The van der Waals surface area contributed by atoms with Crippen molar-refractivity contribution in [1.82, 2.24) is 10.6 Å². The van der Waals surface area contributed by atoms with Gasteiger partial charge in [-0.15, -0.1) is 0 Å². The van der Waals surface area contributed by atoms with Crippen molar-refractivity contribution >= 4 is 52.0 Å². The van der Waals surface area contributed by atoms with Crippen molar-refractivity contribution in [3.63, 3.8) is 0 Å². The number of carbonyl (C=O) groups excluding carboxylic acids is 2. The molecule has 0 spiro atoms. The van der Waals surface area contributed by atoms with Crippen LogP contribution in [0, 0.1) is 5.82 Å². The van der Waals surface area contributed by atoms with Gasteiger partial charge in [-0.05, 0) is 30.3 Å². The third-order valence-electron chi connectivity index (χ3n) is 4.72. The van der Waals surface area contributed by atoms with Crippen LogP contribution in [0.5, 0.6) is 0 Å². The Morgan fingerprint density at radius 3 is 2.00 bits per heavy atom. The monoisotopic (exact) mass is 641 g/mol. The summed E-state index contributed by atoms with van der Waals surface area (Å²) in [4.78, 5) is 36.8. The van der Waals surface area contributed by atoms with Gasteiger partial charge >= 0.3 is 24.5 Å². The van der Waals surface area contributed by atoms with Crippen LogP contribution < -0.4 is 10.6 Å². The van der Waals surface area contributed by atoms with E-state index in [4.69, 9.17) is 21.5 Å². The van der Waals surface area contributed by atoms with Gasteiger partial charge in [-0.3, -0.25) is 9.59 Å². The number of nitrogens with zero attached hydrogens (tertiary/aromatic N) is 1. The first-order valence-corrected chi connectivity index (χ1v) is 11.8. The van der Waals surface area contributed by atoms with Crippen LogP contribution in [0.3, 0.4) is 0 Å². The molecule has 0 aliphatic carbocycles. The number of benzene rings is 2. The third-order valence-corrected chi connectivity index (χ3v) is 6.15. The van der Waals surface area contributed by atoms with Crippen molar-refractivity contribution in [2.24, 2.45) is 4.99 Å². The van der Waals surface area contributed by atoms with Gasteiger partial charge in [0, 0.05) is 23.6 Å². The van der Waals surface area contributed by atoms with E-state index in [1.807, 2.05) is 0 Å². The van der Waals surface area contributed by atoms with Gasteiger partial charge in [-0.2, -0.15) is 39.5 Å². The summed E-state index contributed by atoms with van der Waals surface area (Å²) >= 11 is 6.53. The van der Waals surface area contributed by atoms with Gasteiger partial charge in [0.1, 0.15) is 11.1 Å². The molecule has 19 heteroatoms. The van der Waals surface area contributed by atoms with Gasteiger partial charge in [-0.25, -0.2) is 14.2 Å². The zero-order chi connectivity index (χ0) is 31.3. The minimum absolute atomic E-state index is 0.0355. The highest BCUT2D eigenvalue weighted by Gasteiger charge is 2.39. The van der Waals surface area contributed by atoms with E-state index in [9.17, 15) is 53.5 Å². The van der Waals surface area contributed by atoms with Crippen LogP contribution in [0.15, 0.2) is 41.4 Å². The minimum atomic E-state index is -5.08. The maximum absolute atomic E-state index is 13.8. The molecular weight excluding hydrogens is 628 g/mol. The Labute approximate surface area is 231 Å². The smallest absolute Gasteiger partial charge is 0.475 e. The fraction of sp³-hybridized carbons (Fsp3) is 0.273. The van der Waals surface area contributed by atoms with Gasteiger partial charge in [0.25, 0.3) is 0 Å². The van der Waals surface area contributed by atoms with Crippen LogP contribution in [0.25, 0.3) is 0 Å². The molecule has 1 saturated heterocycles. The van der Waals surface area contributed by atoms with Crippen LogP contribution in [0.2, 0.25) is 5.02 Å². The molecule has 1 fully saturated rings. The number of carbonyl (C=O) groups is 3. The van der Waals surface area contributed by atoms with E-state index in [1.165, 1.54) is 12.1 Å². The van der Waals surface area contributed by atoms with Crippen molar-refractivity contribution in [3.8, 4) is 0 Å². The van der Waals surface area contributed by atoms with Crippen LogP contribution in [-0.4, -0.2) is 39.5 Å². The standard InChI is InChI=1S/C20H13ClF7N3O2S.C2HF3O2/c21-13-2-1-3-14(22)12(13)8-29-16(32)7-15-17(33)31-18(34-15)30-11-5-9(19(23,24)25)4-10(6-11)20(26,27)28;3-2(4,5)1(6)7/h1-6,15H,7-8H2,(H,29,32)(H,30,31,33);(H,6,7).